The molecule has 196 valence electrons. The molecule has 1 aromatic rings. The zero-order chi connectivity index (χ0) is 26.1. The van der Waals surface area contributed by atoms with Crippen molar-refractivity contribution in [3.05, 3.63) is 29.8 Å². The number of nitrogens with zero attached hydrogens (tertiary/aromatic N) is 4. The Labute approximate surface area is 209 Å². The van der Waals surface area contributed by atoms with Crippen LogP contribution < -0.4 is 21.3 Å². The molecular weight excluding hydrogens is 470 g/mol. The smallest absolute Gasteiger partial charge is 0.436 e. The zero-order valence-corrected chi connectivity index (χ0v) is 20.6. The van der Waals surface area contributed by atoms with Crippen molar-refractivity contribution in [2.75, 3.05) is 57.8 Å². The second kappa shape index (κ2) is 12.7. The van der Waals surface area contributed by atoms with Gasteiger partial charge in [-0.15, -0.1) is 0 Å². The van der Waals surface area contributed by atoms with Crippen molar-refractivity contribution in [1.82, 2.24) is 20.4 Å². The van der Waals surface area contributed by atoms with Crippen LogP contribution in [0.4, 0.5) is 15.3 Å². The van der Waals surface area contributed by atoms with Crippen LogP contribution in [-0.4, -0.2) is 98.6 Å². The summed E-state index contributed by atoms with van der Waals surface area (Å²) in [6.45, 7) is 5.19. The highest BCUT2D eigenvalue weighted by Gasteiger charge is 2.33. The van der Waals surface area contributed by atoms with Crippen LogP contribution in [0.1, 0.15) is 25.3 Å². The van der Waals surface area contributed by atoms with Crippen LogP contribution in [0, 0.1) is 0 Å². The Kier molecular flexibility index (Phi) is 9.45. The standard InChI is InChI=1S/C23H33N7O6/c1-3-35-19(31)8-10-25-22(33)26-18-9-11-30(21(18)32)17-6-4-16(5-7-17)20(24)27-36-23(34)29-14-12-28(2)13-15-29/h4-7,18H,3,8-15H2,1-2H3,(H2,24,27)(H2,25,26,33). The number of benzene rings is 1. The van der Waals surface area contributed by atoms with Gasteiger partial charge >= 0.3 is 18.1 Å². The van der Waals surface area contributed by atoms with Crippen LogP contribution >= 0.6 is 0 Å². The maximum atomic E-state index is 12.8. The number of amides is 4. The summed E-state index contributed by atoms with van der Waals surface area (Å²) in [6, 6.07) is 5.57. The third kappa shape index (κ3) is 7.31. The number of piperazine rings is 1. The Bertz CT molecular complexity index is 976. The van der Waals surface area contributed by atoms with Gasteiger partial charge in [-0.25, -0.2) is 9.59 Å². The van der Waals surface area contributed by atoms with Crippen molar-refractivity contribution in [2.24, 2.45) is 10.9 Å². The Morgan fingerprint density at radius 3 is 2.47 bits per heavy atom. The number of rotatable bonds is 8. The lowest BCUT2D eigenvalue weighted by Gasteiger charge is -2.30. The third-order valence-corrected chi connectivity index (χ3v) is 5.89. The molecule has 0 aromatic heterocycles. The lowest BCUT2D eigenvalue weighted by atomic mass is 10.2. The zero-order valence-electron chi connectivity index (χ0n) is 20.6. The Hall–Kier alpha value is -3.87. The van der Waals surface area contributed by atoms with E-state index in [0.717, 1.165) is 13.1 Å². The van der Waals surface area contributed by atoms with Crippen LogP contribution in [0.5, 0.6) is 0 Å². The summed E-state index contributed by atoms with van der Waals surface area (Å²) >= 11 is 0. The molecule has 36 heavy (non-hydrogen) atoms. The lowest BCUT2D eigenvalue weighted by molar-refractivity contribution is -0.142. The van der Waals surface area contributed by atoms with Crippen LogP contribution in [0.15, 0.2) is 29.4 Å². The SMILES string of the molecule is CCOC(=O)CCNC(=O)NC1CCN(c2ccc(C(N)=NOC(=O)N3CCN(C)CC3)cc2)C1=O. The molecule has 13 nitrogen and oxygen atoms in total. The predicted octanol–water partition coefficient (Wildman–Crippen LogP) is 0.0486. The van der Waals surface area contributed by atoms with Gasteiger partial charge in [0.25, 0.3) is 0 Å². The maximum absolute atomic E-state index is 12.8. The number of ether oxygens (including phenoxy) is 1. The molecule has 0 spiro atoms. The number of hydrogen-bond donors (Lipinski definition) is 3. The van der Waals surface area contributed by atoms with Crippen LogP contribution in [0.25, 0.3) is 0 Å². The van der Waals surface area contributed by atoms with Gasteiger partial charge in [0, 0.05) is 50.5 Å². The molecule has 0 saturated carbocycles. The molecule has 0 bridgehead atoms. The van der Waals surface area contributed by atoms with Gasteiger partial charge < -0.3 is 35.8 Å². The van der Waals surface area contributed by atoms with Gasteiger partial charge in [-0.05, 0) is 44.7 Å². The van der Waals surface area contributed by atoms with Crippen molar-refractivity contribution in [3.63, 3.8) is 0 Å². The van der Waals surface area contributed by atoms with Gasteiger partial charge in [-0.1, -0.05) is 5.16 Å². The van der Waals surface area contributed by atoms with E-state index in [1.807, 2.05) is 7.05 Å². The first kappa shape index (κ1) is 26.7. The topological polar surface area (TPSA) is 159 Å². The van der Waals surface area contributed by atoms with Gasteiger partial charge in [0.15, 0.2) is 5.84 Å². The minimum Gasteiger partial charge on any atom is -0.466 e. The molecule has 4 amide bonds. The highest BCUT2D eigenvalue weighted by atomic mass is 16.7. The maximum Gasteiger partial charge on any atom is 0.436 e. The molecule has 13 heteroatoms. The minimum absolute atomic E-state index is 0.0378. The van der Waals surface area contributed by atoms with Gasteiger partial charge in [-0.3, -0.25) is 14.4 Å². The summed E-state index contributed by atoms with van der Waals surface area (Å²) in [7, 11) is 1.99. The molecule has 2 saturated heterocycles. The second-order valence-corrected chi connectivity index (χ2v) is 8.46. The van der Waals surface area contributed by atoms with E-state index in [-0.39, 0.29) is 31.3 Å². The predicted molar refractivity (Wildman–Crippen MR) is 131 cm³/mol. The fourth-order valence-corrected chi connectivity index (χ4v) is 3.79. The minimum atomic E-state index is -0.673. The number of nitrogens with two attached hydrogens (primary N) is 1. The van der Waals surface area contributed by atoms with Crippen molar-refractivity contribution >= 4 is 35.5 Å². The average molecular weight is 504 g/mol. The van der Waals surface area contributed by atoms with Gasteiger partial charge in [0.2, 0.25) is 5.91 Å². The number of anilines is 1. The Balaban J connectivity index is 1.47. The van der Waals surface area contributed by atoms with E-state index in [9.17, 15) is 19.2 Å². The first-order valence-corrected chi connectivity index (χ1v) is 11.9. The summed E-state index contributed by atoms with van der Waals surface area (Å²) in [5.41, 5.74) is 7.13. The van der Waals surface area contributed by atoms with Crippen LogP contribution in [0.2, 0.25) is 0 Å². The summed E-state index contributed by atoms with van der Waals surface area (Å²) in [4.78, 5) is 58.6. The van der Waals surface area contributed by atoms with Crippen molar-refractivity contribution in [2.45, 2.75) is 25.8 Å². The van der Waals surface area contributed by atoms with Crippen molar-refractivity contribution < 1.29 is 28.8 Å². The molecule has 1 aromatic carbocycles. The number of oxime groups is 1. The van der Waals surface area contributed by atoms with E-state index in [0.29, 0.717) is 37.3 Å². The van der Waals surface area contributed by atoms with E-state index in [1.54, 1.807) is 41.0 Å². The first-order chi connectivity index (χ1) is 17.3. The largest absolute Gasteiger partial charge is 0.466 e. The van der Waals surface area contributed by atoms with Crippen molar-refractivity contribution in [1.29, 1.82) is 0 Å². The van der Waals surface area contributed by atoms with E-state index in [1.165, 1.54) is 0 Å². The molecule has 0 aliphatic carbocycles. The normalized spacial score (nSPS) is 18.7. The third-order valence-electron chi connectivity index (χ3n) is 5.89. The van der Waals surface area contributed by atoms with Crippen LogP contribution in [0.3, 0.4) is 0 Å². The number of esters is 1. The second-order valence-electron chi connectivity index (χ2n) is 8.46. The monoisotopic (exact) mass is 503 g/mol. The number of urea groups is 1. The van der Waals surface area contributed by atoms with Gasteiger partial charge in [-0.2, -0.15) is 0 Å². The molecule has 2 fully saturated rings. The summed E-state index contributed by atoms with van der Waals surface area (Å²) in [5.74, 6) is -0.606. The number of hydrogen-bond acceptors (Lipinski definition) is 8. The summed E-state index contributed by atoms with van der Waals surface area (Å²) in [6.07, 6.45) is -0.0498. The number of likely N-dealkylation sites (N-methyl/N-ethyl adjacent to an activating group) is 1. The van der Waals surface area contributed by atoms with Gasteiger partial charge in [0.1, 0.15) is 6.04 Å². The van der Waals surface area contributed by atoms with E-state index >= 15 is 0 Å². The Morgan fingerprint density at radius 2 is 1.81 bits per heavy atom. The van der Waals surface area contributed by atoms with Gasteiger partial charge in [0.05, 0.1) is 13.0 Å². The van der Waals surface area contributed by atoms with E-state index < -0.39 is 24.1 Å². The molecule has 1 atom stereocenters. The fraction of sp³-hybridized carbons (Fsp3) is 0.522. The quantitative estimate of drug-likeness (QED) is 0.148. The molecular formula is C23H33N7O6. The van der Waals surface area contributed by atoms with Crippen LogP contribution in [-0.2, 0) is 19.2 Å². The molecule has 4 N–H and O–H groups in total. The number of nitrogens with one attached hydrogen (secondary N) is 2. The average Bonchev–Trinajstić information content (AvgIpc) is 3.22. The Morgan fingerprint density at radius 1 is 1.11 bits per heavy atom. The molecule has 2 aliphatic heterocycles. The summed E-state index contributed by atoms with van der Waals surface area (Å²) < 4.78 is 4.80. The number of carbonyl (C=O) groups excluding carboxylic acids is 4. The molecule has 2 aliphatic rings. The molecule has 0 radical (unpaired) electrons. The lowest BCUT2D eigenvalue weighted by Crippen LogP contribution is -2.47. The molecule has 3 rings (SSSR count). The summed E-state index contributed by atoms with van der Waals surface area (Å²) in [5, 5.41) is 8.93. The first-order valence-electron chi connectivity index (χ1n) is 11.9. The van der Waals surface area contributed by atoms with Crippen molar-refractivity contribution in [3.8, 4) is 0 Å². The fourth-order valence-electron chi connectivity index (χ4n) is 3.79. The number of amidine groups is 1. The molecule has 2 heterocycles. The van der Waals surface area contributed by atoms with E-state index in [4.69, 9.17) is 15.3 Å². The highest BCUT2D eigenvalue weighted by Crippen LogP contribution is 2.22. The van der Waals surface area contributed by atoms with E-state index in [2.05, 4.69) is 20.7 Å². The number of carbonyl (C=O) groups is 4. The highest BCUT2D eigenvalue weighted by molar-refractivity contribution is 6.02. The molecule has 1 unspecified atom stereocenters.